The molecule has 2 atom stereocenters. The first kappa shape index (κ1) is 13.2. The standard InChI is InChI=1S/C16H23NO/c1-5-11(4)13-8-6-7-12-9-14(18-16(12)13)15(17)10(2)3/h6-11,15H,5,17H2,1-4H3. The third-order valence-electron chi connectivity index (χ3n) is 3.78. The Morgan fingerprint density at radius 1 is 1.22 bits per heavy atom. The van der Waals surface area contributed by atoms with Crippen LogP contribution in [0, 0.1) is 5.92 Å². The Morgan fingerprint density at radius 2 is 1.94 bits per heavy atom. The highest BCUT2D eigenvalue weighted by Crippen LogP contribution is 2.32. The molecule has 2 unspecified atom stereocenters. The summed E-state index contributed by atoms with van der Waals surface area (Å²) >= 11 is 0. The van der Waals surface area contributed by atoms with Crippen LogP contribution in [-0.4, -0.2) is 0 Å². The predicted octanol–water partition coefficient (Wildman–Crippen LogP) is 4.60. The third-order valence-corrected chi connectivity index (χ3v) is 3.78. The zero-order valence-corrected chi connectivity index (χ0v) is 11.7. The summed E-state index contributed by atoms with van der Waals surface area (Å²) in [6, 6.07) is 8.42. The smallest absolute Gasteiger partial charge is 0.137 e. The van der Waals surface area contributed by atoms with E-state index in [1.165, 1.54) is 10.9 Å². The van der Waals surface area contributed by atoms with Gasteiger partial charge in [0.05, 0.1) is 6.04 Å². The summed E-state index contributed by atoms with van der Waals surface area (Å²) in [5.74, 6) is 1.80. The van der Waals surface area contributed by atoms with Gasteiger partial charge in [-0.3, -0.25) is 0 Å². The van der Waals surface area contributed by atoms with E-state index in [0.717, 1.165) is 17.8 Å². The quantitative estimate of drug-likeness (QED) is 0.854. The number of hydrogen-bond donors (Lipinski definition) is 1. The number of furan rings is 1. The van der Waals surface area contributed by atoms with Gasteiger partial charge in [0.1, 0.15) is 11.3 Å². The molecule has 2 heteroatoms. The Balaban J connectivity index is 2.51. The fourth-order valence-corrected chi connectivity index (χ4v) is 2.21. The molecule has 0 radical (unpaired) electrons. The van der Waals surface area contributed by atoms with Crippen molar-refractivity contribution in [2.45, 2.75) is 46.1 Å². The number of rotatable bonds is 4. The van der Waals surface area contributed by atoms with Crippen molar-refractivity contribution in [3.05, 3.63) is 35.6 Å². The third kappa shape index (κ3) is 2.30. The molecule has 0 aliphatic carbocycles. The van der Waals surface area contributed by atoms with E-state index in [1.54, 1.807) is 0 Å². The van der Waals surface area contributed by atoms with E-state index in [0.29, 0.717) is 11.8 Å². The van der Waals surface area contributed by atoms with Gasteiger partial charge in [-0.15, -0.1) is 0 Å². The van der Waals surface area contributed by atoms with Crippen LogP contribution in [0.5, 0.6) is 0 Å². The summed E-state index contributed by atoms with van der Waals surface area (Å²) in [6.45, 7) is 8.67. The van der Waals surface area contributed by atoms with Gasteiger partial charge < -0.3 is 10.2 Å². The first-order valence-electron chi connectivity index (χ1n) is 6.82. The lowest BCUT2D eigenvalue weighted by molar-refractivity contribution is 0.417. The molecule has 1 aromatic heterocycles. The monoisotopic (exact) mass is 245 g/mol. The highest BCUT2D eigenvalue weighted by atomic mass is 16.3. The van der Waals surface area contributed by atoms with Gasteiger partial charge in [-0.25, -0.2) is 0 Å². The van der Waals surface area contributed by atoms with Crippen LogP contribution in [-0.2, 0) is 0 Å². The molecule has 2 N–H and O–H groups in total. The molecule has 18 heavy (non-hydrogen) atoms. The molecule has 1 heterocycles. The highest BCUT2D eigenvalue weighted by molar-refractivity contribution is 5.81. The van der Waals surface area contributed by atoms with Gasteiger partial charge in [0.25, 0.3) is 0 Å². The van der Waals surface area contributed by atoms with Crippen molar-refractivity contribution in [3.63, 3.8) is 0 Å². The minimum absolute atomic E-state index is 0.0258. The van der Waals surface area contributed by atoms with Crippen molar-refractivity contribution >= 4 is 11.0 Å². The molecule has 98 valence electrons. The topological polar surface area (TPSA) is 39.2 Å². The van der Waals surface area contributed by atoms with Gasteiger partial charge in [-0.1, -0.05) is 45.9 Å². The van der Waals surface area contributed by atoms with Crippen LogP contribution in [0.25, 0.3) is 11.0 Å². The minimum atomic E-state index is -0.0258. The Morgan fingerprint density at radius 3 is 2.56 bits per heavy atom. The van der Waals surface area contributed by atoms with Crippen LogP contribution >= 0.6 is 0 Å². The molecule has 0 amide bonds. The lowest BCUT2D eigenvalue weighted by Crippen LogP contribution is -2.15. The van der Waals surface area contributed by atoms with E-state index in [1.807, 2.05) is 0 Å². The van der Waals surface area contributed by atoms with Crippen molar-refractivity contribution < 1.29 is 4.42 Å². The van der Waals surface area contributed by atoms with Crippen molar-refractivity contribution in [1.82, 2.24) is 0 Å². The normalized spacial score (nSPS) is 15.2. The van der Waals surface area contributed by atoms with E-state index in [2.05, 4.69) is 52.0 Å². The molecule has 0 aliphatic heterocycles. The first-order valence-corrected chi connectivity index (χ1v) is 6.82. The molecule has 0 aliphatic rings. The molecule has 2 nitrogen and oxygen atoms in total. The van der Waals surface area contributed by atoms with Crippen molar-refractivity contribution in [1.29, 1.82) is 0 Å². The van der Waals surface area contributed by atoms with Gasteiger partial charge in [-0.2, -0.15) is 0 Å². The van der Waals surface area contributed by atoms with E-state index < -0.39 is 0 Å². The zero-order chi connectivity index (χ0) is 13.3. The first-order chi connectivity index (χ1) is 8.54. The number of fused-ring (bicyclic) bond motifs is 1. The van der Waals surface area contributed by atoms with Crippen LogP contribution in [0.1, 0.15) is 57.4 Å². The number of para-hydroxylation sites is 1. The van der Waals surface area contributed by atoms with Crippen LogP contribution < -0.4 is 5.73 Å². The number of benzene rings is 1. The number of hydrogen-bond acceptors (Lipinski definition) is 2. The highest BCUT2D eigenvalue weighted by Gasteiger charge is 2.18. The fraction of sp³-hybridized carbons (Fsp3) is 0.500. The van der Waals surface area contributed by atoms with Gasteiger partial charge >= 0.3 is 0 Å². The lowest BCUT2D eigenvalue weighted by atomic mass is 9.97. The predicted molar refractivity (Wildman–Crippen MR) is 76.7 cm³/mol. The Kier molecular flexibility index (Phi) is 3.76. The van der Waals surface area contributed by atoms with Crippen molar-refractivity contribution in [2.24, 2.45) is 11.7 Å². The second-order valence-corrected chi connectivity index (χ2v) is 5.49. The van der Waals surface area contributed by atoms with Gasteiger partial charge in [-0.05, 0) is 29.9 Å². The van der Waals surface area contributed by atoms with E-state index in [9.17, 15) is 0 Å². The van der Waals surface area contributed by atoms with Crippen LogP contribution in [0.4, 0.5) is 0 Å². The SMILES string of the molecule is CCC(C)c1cccc2cc(C(N)C(C)C)oc12. The fourth-order valence-electron chi connectivity index (χ4n) is 2.21. The Labute approximate surface area is 109 Å². The average Bonchev–Trinajstić information content (AvgIpc) is 2.80. The Hall–Kier alpha value is -1.28. The minimum Gasteiger partial charge on any atom is -0.459 e. The van der Waals surface area contributed by atoms with Crippen LogP contribution in [0.2, 0.25) is 0 Å². The summed E-state index contributed by atoms with van der Waals surface area (Å²) in [4.78, 5) is 0. The maximum absolute atomic E-state index is 6.17. The maximum atomic E-state index is 6.17. The second kappa shape index (κ2) is 5.15. The number of nitrogens with two attached hydrogens (primary N) is 1. The molecule has 2 aromatic rings. The summed E-state index contributed by atoms with van der Waals surface area (Å²) < 4.78 is 6.02. The zero-order valence-electron chi connectivity index (χ0n) is 11.7. The van der Waals surface area contributed by atoms with E-state index in [4.69, 9.17) is 10.2 Å². The molecule has 1 aromatic carbocycles. The molecule has 0 fully saturated rings. The molecule has 0 bridgehead atoms. The average molecular weight is 245 g/mol. The van der Waals surface area contributed by atoms with Gasteiger partial charge in [0.15, 0.2) is 0 Å². The summed E-state index contributed by atoms with van der Waals surface area (Å²) in [7, 11) is 0. The molecular weight excluding hydrogens is 222 g/mol. The van der Waals surface area contributed by atoms with Crippen LogP contribution in [0.15, 0.2) is 28.7 Å². The van der Waals surface area contributed by atoms with E-state index >= 15 is 0 Å². The molecule has 0 spiro atoms. The van der Waals surface area contributed by atoms with Gasteiger partial charge in [0, 0.05) is 5.39 Å². The molecular formula is C16H23NO. The molecule has 0 saturated carbocycles. The second-order valence-electron chi connectivity index (χ2n) is 5.49. The van der Waals surface area contributed by atoms with Crippen molar-refractivity contribution in [3.8, 4) is 0 Å². The summed E-state index contributed by atoms with van der Waals surface area (Å²) in [6.07, 6.45) is 1.12. The molecule has 0 saturated heterocycles. The maximum Gasteiger partial charge on any atom is 0.137 e. The largest absolute Gasteiger partial charge is 0.459 e. The summed E-state index contributed by atoms with van der Waals surface area (Å²) in [5.41, 5.74) is 8.47. The lowest BCUT2D eigenvalue weighted by Gasteiger charge is -2.12. The Bertz CT molecular complexity index is 527. The van der Waals surface area contributed by atoms with Crippen molar-refractivity contribution in [2.75, 3.05) is 0 Å². The molecule has 2 rings (SSSR count). The van der Waals surface area contributed by atoms with E-state index in [-0.39, 0.29) is 6.04 Å². The van der Waals surface area contributed by atoms with Gasteiger partial charge in [0.2, 0.25) is 0 Å². The van der Waals surface area contributed by atoms with Crippen LogP contribution in [0.3, 0.4) is 0 Å². The summed E-state index contributed by atoms with van der Waals surface area (Å²) in [5, 5.41) is 1.17.